The Labute approximate surface area is 131 Å². The van der Waals surface area contributed by atoms with Gasteiger partial charge in [0.15, 0.2) is 0 Å². The molecule has 21 heavy (non-hydrogen) atoms. The van der Waals surface area contributed by atoms with Gasteiger partial charge in [0, 0.05) is 18.3 Å². The molecule has 0 saturated heterocycles. The maximum Gasteiger partial charge on any atom is 0.251 e. The van der Waals surface area contributed by atoms with E-state index >= 15 is 0 Å². The Morgan fingerprint density at radius 1 is 1.24 bits per heavy atom. The van der Waals surface area contributed by atoms with Crippen molar-refractivity contribution >= 4 is 40.6 Å². The van der Waals surface area contributed by atoms with Crippen LogP contribution in [0.1, 0.15) is 17.3 Å². The second kappa shape index (κ2) is 7.28. The van der Waals surface area contributed by atoms with Crippen LogP contribution in [0.15, 0.2) is 46.0 Å². The molecule has 6 heteroatoms. The summed E-state index contributed by atoms with van der Waals surface area (Å²) < 4.78 is 1.11. The first-order valence-corrected chi connectivity index (χ1v) is 8.19. The minimum absolute atomic E-state index is 0.0811. The summed E-state index contributed by atoms with van der Waals surface area (Å²) in [5.41, 5.74) is 1.15. The SMILES string of the molecule is CNC(=O)c1cccc(NC(=O)[C@@H](C)Sc2cccs2)c1. The summed E-state index contributed by atoms with van der Waals surface area (Å²) >= 11 is 3.13. The summed E-state index contributed by atoms with van der Waals surface area (Å²) in [6.07, 6.45) is 0. The van der Waals surface area contributed by atoms with Crippen LogP contribution in [0.5, 0.6) is 0 Å². The number of rotatable bonds is 5. The van der Waals surface area contributed by atoms with E-state index in [0.717, 1.165) is 4.21 Å². The molecule has 2 amide bonds. The summed E-state index contributed by atoms with van der Waals surface area (Å²) in [4.78, 5) is 23.7. The van der Waals surface area contributed by atoms with Crippen LogP contribution in [0.3, 0.4) is 0 Å². The van der Waals surface area contributed by atoms with E-state index in [9.17, 15) is 9.59 Å². The van der Waals surface area contributed by atoms with Crippen molar-refractivity contribution in [2.24, 2.45) is 0 Å². The highest BCUT2D eigenvalue weighted by atomic mass is 32.2. The van der Waals surface area contributed by atoms with Gasteiger partial charge in [-0.3, -0.25) is 9.59 Å². The van der Waals surface area contributed by atoms with Crippen LogP contribution in [-0.4, -0.2) is 24.1 Å². The van der Waals surface area contributed by atoms with E-state index in [-0.39, 0.29) is 17.1 Å². The smallest absolute Gasteiger partial charge is 0.251 e. The normalized spacial score (nSPS) is 11.7. The molecule has 0 aliphatic rings. The van der Waals surface area contributed by atoms with Crippen LogP contribution >= 0.6 is 23.1 Å². The van der Waals surface area contributed by atoms with E-state index in [1.165, 1.54) is 11.8 Å². The van der Waals surface area contributed by atoms with Gasteiger partial charge in [-0.05, 0) is 36.6 Å². The lowest BCUT2D eigenvalue weighted by Gasteiger charge is -2.11. The number of benzene rings is 1. The van der Waals surface area contributed by atoms with Gasteiger partial charge in [-0.1, -0.05) is 12.1 Å². The van der Waals surface area contributed by atoms with Gasteiger partial charge in [0.1, 0.15) is 0 Å². The molecule has 0 saturated carbocycles. The van der Waals surface area contributed by atoms with Crippen molar-refractivity contribution in [1.29, 1.82) is 0 Å². The van der Waals surface area contributed by atoms with Crippen LogP contribution in [0.2, 0.25) is 0 Å². The van der Waals surface area contributed by atoms with Crippen molar-refractivity contribution in [1.82, 2.24) is 5.32 Å². The highest BCUT2D eigenvalue weighted by Gasteiger charge is 2.15. The van der Waals surface area contributed by atoms with E-state index in [2.05, 4.69) is 10.6 Å². The minimum Gasteiger partial charge on any atom is -0.355 e. The Morgan fingerprint density at radius 2 is 2.05 bits per heavy atom. The predicted molar refractivity (Wildman–Crippen MR) is 88.1 cm³/mol. The van der Waals surface area contributed by atoms with E-state index in [1.54, 1.807) is 42.6 Å². The average Bonchev–Trinajstić information content (AvgIpc) is 2.99. The van der Waals surface area contributed by atoms with Gasteiger partial charge in [-0.15, -0.1) is 23.1 Å². The fraction of sp³-hybridized carbons (Fsp3) is 0.200. The number of nitrogens with one attached hydrogen (secondary N) is 2. The minimum atomic E-state index is -0.202. The van der Waals surface area contributed by atoms with Gasteiger partial charge in [-0.2, -0.15) is 0 Å². The van der Waals surface area contributed by atoms with Crippen molar-refractivity contribution in [3.05, 3.63) is 47.3 Å². The third kappa shape index (κ3) is 4.34. The quantitative estimate of drug-likeness (QED) is 0.832. The molecule has 2 rings (SSSR count). The highest BCUT2D eigenvalue weighted by Crippen LogP contribution is 2.28. The molecule has 0 bridgehead atoms. The number of hydrogen-bond donors (Lipinski definition) is 2. The molecule has 2 aromatic rings. The molecule has 0 fully saturated rings. The van der Waals surface area contributed by atoms with E-state index in [0.29, 0.717) is 11.3 Å². The second-order valence-corrected chi connectivity index (χ2v) is 6.93. The van der Waals surface area contributed by atoms with Crippen molar-refractivity contribution in [2.75, 3.05) is 12.4 Å². The fourth-order valence-corrected chi connectivity index (χ4v) is 3.63. The van der Waals surface area contributed by atoms with Gasteiger partial charge in [0.25, 0.3) is 5.91 Å². The number of amides is 2. The number of anilines is 1. The summed E-state index contributed by atoms with van der Waals surface area (Å²) in [6.45, 7) is 1.86. The van der Waals surface area contributed by atoms with E-state index in [4.69, 9.17) is 0 Å². The van der Waals surface area contributed by atoms with Crippen LogP contribution in [0.25, 0.3) is 0 Å². The Bertz CT molecular complexity index is 626. The lowest BCUT2D eigenvalue weighted by molar-refractivity contribution is -0.115. The molecular weight excluding hydrogens is 304 g/mol. The highest BCUT2D eigenvalue weighted by molar-refractivity contribution is 8.02. The average molecular weight is 320 g/mol. The predicted octanol–water partition coefficient (Wildman–Crippen LogP) is 3.23. The molecule has 1 aromatic carbocycles. The molecular formula is C15H16N2O2S2. The van der Waals surface area contributed by atoms with Gasteiger partial charge in [0.05, 0.1) is 9.46 Å². The van der Waals surface area contributed by atoms with Crippen LogP contribution in [0, 0.1) is 0 Å². The van der Waals surface area contributed by atoms with Gasteiger partial charge in [-0.25, -0.2) is 0 Å². The number of hydrogen-bond acceptors (Lipinski definition) is 4. The third-order valence-electron chi connectivity index (χ3n) is 2.78. The van der Waals surface area contributed by atoms with Crippen LogP contribution in [0.4, 0.5) is 5.69 Å². The first-order chi connectivity index (χ1) is 10.1. The fourth-order valence-electron chi connectivity index (χ4n) is 1.68. The van der Waals surface area contributed by atoms with E-state index < -0.39 is 0 Å². The summed E-state index contributed by atoms with van der Waals surface area (Å²) in [7, 11) is 1.58. The first-order valence-electron chi connectivity index (χ1n) is 6.43. The molecule has 0 unspecified atom stereocenters. The van der Waals surface area contributed by atoms with Crippen molar-refractivity contribution in [3.63, 3.8) is 0 Å². The molecule has 1 heterocycles. The maximum absolute atomic E-state index is 12.2. The van der Waals surface area contributed by atoms with Crippen molar-refractivity contribution < 1.29 is 9.59 Å². The molecule has 110 valence electrons. The Hall–Kier alpha value is -1.79. The topological polar surface area (TPSA) is 58.2 Å². The number of carbonyl (C=O) groups excluding carboxylic acids is 2. The zero-order chi connectivity index (χ0) is 15.2. The number of thioether (sulfide) groups is 1. The Kier molecular flexibility index (Phi) is 5.41. The molecule has 4 nitrogen and oxygen atoms in total. The Morgan fingerprint density at radius 3 is 2.71 bits per heavy atom. The summed E-state index contributed by atoms with van der Waals surface area (Å²) in [5.74, 6) is -0.255. The largest absolute Gasteiger partial charge is 0.355 e. The molecule has 2 N–H and O–H groups in total. The molecule has 1 aromatic heterocycles. The zero-order valence-electron chi connectivity index (χ0n) is 11.8. The van der Waals surface area contributed by atoms with Crippen molar-refractivity contribution in [3.8, 4) is 0 Å². The van der Waals surface area contributed by atoms with Gasteiger partial charge >= 0.3 is 0 Å². The van der Waals surface area contributed by atoms with E-state index in [1.807, 2.05) is 24.4 Å². The summed E-state index contributed by atoms with van der Waals surface area (Å²) in [6, 6.07) is 10.8. The Balaban J connectivity index is 2.00. The summed E-state index contributed by atoms with van der Waals surface area (Å²) in [5, 5.41) is 7.18. The molecule has 0 aliphatic carbocycles. The standard InChI is InChI=1S/C15H16N2O2S2/c1-10(21-13-7-4-8-20-13)14(18)17-12-6-3-5-11(9-12)15(19)16-2/h3-10H,1-2H3,(H,16,19)(H,17,18)/t10-/m1/s1. The van der Waals surface area contributed by atoms with Crippen molar-refractivity contribution in [2.45, 2.75) is 16.4 Å². The molecule has 1 atom stereocenters. The lowest BCUT2D eigenvalue weighted by Crippen LogP contribution is -2.23. The first kappa shape index (κ1) is 15.6. The molecule has 0 radical (unpaired) electrons. The monoisotopic (exact) mass is 320 g/mol. The number of carbonyl (C=O) groups is 2. The second-order valence-electron chi connectivity index (χ2n) is 4.34. The van der Waals surface area contributed by atoms with Crippen LogP contribution in [-0.2, 0) is 4.79 Å². The zero-order valence-corrected chi connectivity index (χ0v) is 13.4. The maximum atomic E-state index is 12.2. The lowest BCUT2D eigenvalue weighted by atomic mass is 10.2. The third-order valence-corrected chi connectivity index (χ3v) is 4.95. The molecule has 0 aliphatic heterocycles. The molecule has 0 spiro atoms. The van der Waals surface area contributed by atoms with Crippen LogP contribution < -0.4 is 10.6 Å². The van der Waals surface area contributed by atoms with Gasteiger partial charge < -0.3 is 10.6 Å². The van der Waals surface area contributed by atoms with Gasteiger partial charge in [0.2, 0.25) is 5.91 Å². The number of thiophene rings is 1.